The molecule has 0 aliphatic carbocycles. The molecule has 1 aromatic heterocycles. The van der Waals surface area contributed by atoms with E-state index in [0.717, 1.165) is 30.2 Å². The summed E-state index contributed by atoms with van der Waals surface area (Å²) in [6, 6.07) is 15.7. The number of aromatic nitrogens is 2. The highest BCUT2D eigenvalue weighted by Crippen LogP contribution is 2.30. The molecule has 0 bridgehead atoms. The van der Waals surface area contributed by atoms with Crippen LogP contribution in [0.25, 0.3) is 11.3 Å². The van der Waals surface area contributed by atoms with Gasteiger partial charge in [-0.1, -0.05) is 12.1 Å². The molecule has 0 radical (unpaired) electrons. The molecule has 0 spiro atoms. The minimum atomic E-state index is -3.88. The van der Waals surface area contributed by atoms with Crippen molar-refractivity contribution in [2.24, 2.45) is 0 Å². The number of nitrogens with zero attached hydrogens (tertiary/aromatic N) is 3. The predicted molar refractivity (Wildman–Crippen MR) is 129 cm³/mol. The van der Waals surface area contributed by atoms with Gasteiger partial charge in [-0.05, 0) is 62.6 Å². The zero-order chi connectivity index (χ0) is 23.3. The zero-order valence-corrected chi connectivity index (χ0v) is 19.6. The SMILES string of the molecule is CCOc1ccc(OC)cc1S(=O)(=O)Nc1ccc(-c2ccc(N3CCCCC3)nn2)cc1. The standard InChI is InChI=1S/C24H28N4O4S/c1-3-32-22-13-11-20(31-2)17-23(22)33(29,30)27-19-9-7-18(8-10-19)21-12-14-24(26-25-21)28-15-5-4-6-16-28/h7-14,17,27H,3-6,15-16H2,1-2H3. The Morgan fingerprint density at radius 3 is 2.36 bits per heavy atom. The summed E-state index contributed by atoms with van der Waals surface area (Å²) in [4.78, 5) is 2.28. The molecular formula is C24H28N4O4S. The molecule has 2 heterocycles. The van der Waals surface area contributed by atoms with E-state index in [0.29, 0.717) is 18.0 Å². The first-order valence-electron chi connectivity index (χ1n) is 11.0. The number of sulfonamides is 1. The fraction of sp³-hybridized carbons (Fsp3) is 0.333. The molecule has 0 atom stereocenters. The first-order valence-corrected chi connectivity index (χ1v) is 12.5. The first-order chi connectivity index (χ1) is 16.0. The van der Waals surface area contributed by atoms with Crippen LogP contribution in [-0.2, 0) is 10.0 Å². The molecule has 0 unspecified atom stereocenters. The van der Waals surface area contributed by atoms with Gasteiger partial charge in [-0.3, -0.25) is 4.72 Å². The zero-order valence-electron chi connectivity index (χ0n) is 18.8. The number of benzene rings is 2. The van der Waals surface area contributed by atoms with Crippen molar-refractivity contribution in [2.75, 3.05) is 36.4 Å². The van der Waals surface area contributed by atoms with Crippen LogP contribution >= 0.6 is 0 Å². The van der Waals surface area contributed by atoms with Crippen molar-refractivity contribution in [1.29, 1.82) is 0 Å². The summed E-state index contributed by atoms with van der Waals surface area (Å²) in [7, 11) is -2.40. The molecule has 33 heavy (non-hydrogen) atoms. The van der Waals surface area contributed by atoms with E-state index in [1.54, 1.807) is 31.2 Å². The van der Waals surface area contributed by atoms with Gasteiger partial charge in [-0.15, -0.1) is 10.2 Å². The van der Waals surface area contributed by atoms with Crippen LogP contribution in [0.4, 0.5) is 11.5 Å². The predicted octanol–water partition coefficient (Wildman–Crippen LogP) is 4.34. The van der Waals surface area contributed by atoms with E-state index in [1.165, 1.54) is 32.4 Å². The topological polar surface area (TPSA) is 93.6 Å². The second-order valence-corrected chi connectivity index (χ2v) is 9.40. The summed E-state index contributed by atoms with van der Waals surface area (Å²) in [5.41, 5.74) is 2.02. The number of anilines is 2. The Hall–Kier alpha value is -3.33. The summed E-state index contributed by atoms with van der Waals surface area (Å²) in [5, 5.41) is 8.75. The number of ether oxygens (including phenoxy) is 2. The second kappa shape index (κ2) is 10.1. The van der Waals surface area contributed by atoms with Gasteiger partial charge in [0.25, 0.3) is 10.0 Å². The Morgan fingerprint density at radius 2 is 1.73 bits per heavy atom. The molecule has 8 nitrogen and oxygen atoms in total. The van der Waals surface area contributed by atoms with E-state index in [1.807, 2.05) is 24.3 Å². The van der Waals surface area contributed by atoms with Crippen molar-refractivity contribution in [3.8, 4) is 22.8 Å². The molecule has 2 aromatic carbocycles. The van der Waals surface area contributed by atoms with Crippen molar-refractivity contribution in [3.63, 3.8) is 0 Å². The molecule has 9 heteroatoms. The fourth-order valence-corrected chi connectivity index (χ4v) is 5.01. The van der Waals surface area contributed by atoms with Gasteiger partial charge in [0.1, 0.15) is 16.4 Å². The fourth-order valence-electron chi connectivity index (χ4n) is 3.79. The lowest BCUT2D eigenvalue weighted by atomic mass is 10.1. The second-order valence-electron chi connectivity index (χ2n) is 7.75. The van der Waals surface area contributed by atoms with Crippen LogP contribution in [0.2, 0.25) is 0 Å². The van der Waals surface area contributed by atoms with Crippen molar-refractivity contribution < 1.29 is 17.9 Å². The molecule has 1 aliphatic heterocycles. The van der Waals surface area contributed by atoms with Crippen molar-refractivity contribution in [2.45, 2.75) is 31.1 Å². The number of hydrogen-bond donors (Lipinski definition) is 1. The minimum absolute atomic E-state index is 0.0203. The first kappa shape index (κ1) is 22.8. The minimum Gasteiger partial charge on any atom is -0.497 e. The molecule has 174 valence electrons. The smallest absolute Gasteiger partial charge is 0.265 e. The molecule has 1 fully saturated rings. The third-order valence-electron chi connectivity index (χ3n) is 5.50. The Balaban J connectivity index is 1.50. The van der Waals surface area contributed by atoms with Gasteiger partial charge in [0.2, 0.25) is 0 Å². The van der Waals surface area contributed by atoms with Gasteiger partial charge in [0.05, 0.1) is 19.4 Å². The monoisotopic (exact) mass is 468 g/mol. The van der Waals surface area contributed by atoms with E-state index in [2.05, 4.69) is 19.8 Å². The van der Waals surface area contributed by atoms with E-state index in [-0.39, 0.29) is 10.6 Å². The summed E-state index contributed by atoms with van der Waals surface area (Å²) < 4.78 is 39.4. The van der Waals surface area contributed by atoms with Crippen LogP contribution in [0.3, 0.4) is 0 Å². The third kappa shape index (κ3) is 5.36. The maximum absolute atomic E-state index is 13.0. The quantitative estimate of drug-likeness (QED) is 0.525. The largest absolute Gasteiger partial charge is 0.497 e. The van der Waals surface area contributed by atoms with Gasteiger partial charge >= 0.3 is 0 Å². The Labute approximate surface area is 194 Å². The van der Waals surface area contributed by atoms with Crippen molar-refractivity contribution in [3.05, 3.63) is 54.6 Å². The lowest BCUT2D eigenvalue weighted by molar-refractivity contribution is 0.329. The Morgan fingerprint density at radius 1 is 0.970 bits per heavy atom. The number of nitrogens with one attached hydrogen (secondary N) is 1. The van der Waals surface area contributed by atoms with Crippen LogP contribution in [0.5, 0.6) is 11.5 Å². The summed E-state index contributed by atoms with van der Waals surface area (Å²) >= 11 is 0. The van der Waals surface area contributed by atoms with Crippen molar-refractivity contribution in [1.82, 2.24) is 10.2 Å². The summed E-state index contributed by atoms with van der Waals surface area (Å²) in [5.74, 6) is 1.60. The van der Waals surface area contributed by atoms with Gasteiger partial charge < -0.3 is 14.4 Å². The average Bonchev–Trinajstić information content (AvgIpc) is 2.85. The molecule has 1 aliphatic rings. The molecule has 0 saturated carbocycles. The van der Waals surface area contributed by atoms with Crippen LogP contribution in [0, 0.1) is 0 Å². The normalized spacial score (nSPS) is 14.1. The number of methoxy groups -OCH3 is 1. The molecule has 1 saturated heterocycles. The van der Waals surface area contributed by atoms with Crippen LogP contribution < -0.4 is 19.1 Å². The van der Waals surface area contributed by atoms with Gasteiger partial charge in [-0.2, -0.15) is 0 Å². The lowest BCUT2D eigenvalue weighted by Crippen LogP contribution is -2.30. The van der Waals surface area contributed by atoms with Gasteiger partial charge in [0.15, 0.2) is 5.82 Å². The maximum Gasteiger partial charge on any atom is 0.265 e. The highest BCUT2D eigenvalue weighted by atomic mass is 32.2. The van der Waals surface area contributed by atoms with Crippen LogP contribution in [0.15, 0.2) is 59.5 Å². The van der Waals surface area contributed by atoms with Gasteiger partial charge in [0, 0.05) is 30.4 Å². The summed E-state index contributed by atoms with van der Waals surface area (Å²) in [6.45, 7) is 4.18. The lowest BCUT2D eigenvalue weighted by Gasteiger charge is -2.27. The number of hydrogen-bond acceptors (Lipinski definition) is 7. The van der Waals surface area contributed by atoms with E-state index in [9.17, 15) is 8.42 Å². The summed E-state index contributed by atoms with van der Waals surface area (Å²) in [6.07, 6.45) is 3.63. The molecule has 1 N–H and O–H groups in total. The van der Waals surface area contributed by atoms with E-state index in [4.69, 9.17) is 9.47 Å². The van der Waals surface area contributed by atoms with E-state index < -0.39 is 10.0 Å². The van der Waals surface area contributed by atoms with E-state index >= 15 is 0 Å². The molecule has 3 aromatic rings. The molecular weight excluding hydrogens is 440 g/mol. The maximum atomic E-state index is 13.0. The third-order valence-corrected chi connectivity index (χ3v) is 6.91. The molecule has 4 rings (SSSR count). The number of rotatable bonds is 8. The van der Waals surface area contributed by atoms with Gasteiger partial charge in [-0.25, -0.2) is 8.42 Å². The highest BCUT2D eigenvalue weighted by Gasteiger charge is 2.21. The van der Waals surface area contributed by atoms with Crippen LogP contribution in [-0.4, -0.2) is 45.4 Å². The number of piperidine rings is 1. The molecule has 0 amide bonds. The van der Waals surface area contributed by atoms with Crippen molar-refractivity contribution >= 4 is 21.5 Å². The Bertz CT molecular complexity index is 1180. The Kier molecular flexibility index (Phi) is 6.98. The van der Waals surface area contributed by atoms with Crippen LogP contribution in [0.1, 0.15) is 26.2 Å². The average molecular weight is 469 g/mol. The highest BCUT2D eigenvalue weighted by molar-refractivity contribution is 7.92.